The molecule has 5 aromatic carbocycles. The van der Waals surface area contributed by atoms with Gasteiger partial charge in [-0.25, -0.2) is 0 Å². The zero-order chi connectivity index (χ0) is 31.5. The standard InChI is InChI=1S/C39H30N4O3/c44-35(24-40-38(45)27-15-5-2-6-16-27)42-32-21-11-8-18-29(32)36(33-23-28-17-7-10-20-31(28)41-33)37-30-19-9-12-22-34(30)43(39(37)46)25-26-13-3-1-4-14-26/h1-23,41H,24-25H2,(H,40,45)(H,42,44)/b37-36-. The second-order valence-electron chi connectivity index (χ2n) is 11.1. The molecular formula is C39H30N4O3. The Morgan fingerprint density at radius 2 is 1.39 bits per heavy atom. The van der Waals surface area contributed by atoms with E-state index in [2.05, 4.69) is 15.6 Å². The second-order valence-corrected chi connectivity index (χ2v) is 11.1. The third-order valence-corrected chi connectivity index (χ3v) is 8.07. The number of nitrogens with zero attached hydrogens (tertiary/aromatic N) is 1. The van der Waals surface area contributed by atoms with E-state index in [-0.39, 0.29) is 24.3 Å². The minimum atomic E-state index is -0.387. The summed E-state index contributed by atoms with van der Waals surface area (Å²) in [5.74, 6) is -0.854. The van der Waals surface area contributed by atoms with Gasteiger partial charge in [-0.05, 0) is 42.0 Å². The number of hydrogen-bond donors (Lipinski definition) is 3. The highest BCUT2D eigenvalue weighted by atomic mass is 16.2. The Kier molecular flexibility index (Phi) is 7.71. The van der Waals surface area contributed by atoms with Crippen LogP contribution in [0.2, 0.25) is 0 Å². The van der Waals surface area contributed by atoms with Crippen LogP contribution in [0.4, 0.5) is 11.4 Å². The van der Waals surface area contributed by atoms with E-state index in [0.717, 1.165) is 33.4 Å². The van der Waals surface area contributed by atoms with Crippen LogP contribution in [0.25, 0.3) is 22.0 Å². The predicted octanol–water partition coefficient (Wildman–Crippen LogP) is 7.04. The molecule has 6 aromatic rings. The molecule has 1 aromatic heterocycles. The highest BCUT2D eigenvalue weighted by Crippen LogP contribution is 2.45. The molecule has 0 atom stereocenters. The minimum absolute atomic E-state index is 0.130. The number of anilines is 2. The van der Waals surface area contributed by atoms with Crippen molar-refractivity contribution in [3.63, 3.8) is 0 Å². The summed E-state index contributed by atoms with van der Waals surface area (Å²) < 4.78 is 0. The van der Waals surface area contributed by atoms with Crippen molar-refractivity contribution in [3.8, 4) is 0 Å². The van der Waals surface area contributed by atoms with Gasteiger partial charge >= 0.3 is 0 Å². The zero-order valence-corrected chi connectivity index (χ0v) is 24.9. The van der Waals surface area contributed by atoms with Gasteiger partial charge in [0.25, 0.3) is 11.8 Å². The number of H-pyrrole nitrogens is 1. The Bertz CT molecular complexity index is 2080. The third-order valence-electron chi connectivity index (χ3n) is 8.07. The molecule has 0 aliphatic carbocycles. The summed E-state index contributed by atoms with van der Waals surface area (Å²) in [6.45, 7) is 0.201. The summed E-state index contributed by atoms with van der Waals surface area (Å²) in [6, 6.07) is 43.9. The summed E-state index contributed by atoms with van der Waals surface area (Å²) in [6.07, 6.45) is 0. The number of carbonyl (C=O) groups is 3. The van der Waals surface area contributed by atoms with Crippen molar-refractivity contribution in [2.45, 2.75) is 6.54 Å². The average molecular weight is 603 g/mol. The van der Waals surface area contributed by atoms with E-state index in [1.807, 2.05) is 120 Å². The molecule has 0 spiro atoms. The van der Waals surface area contributed by atoms with Crippen molar-refractivity contribution in [2.75, 3.05) is 16.8 Å². The van der Waals surface area contributed by atoms with Gasteiger partial charge < -0.3 is 20.5 Å². The fourth-order valence-corrected chi connectivity index (χ4v) is 5.92. The average Bonchev–Trinajstić information content (AvgIpc) is 3.64. The molecular weight excluding hydrogens is 572 g/mol. The van der Waals surface area contributed by atoms with Gasteiger partial charge in [0.2, 0.25) is 5.91 Å². The fraction of sp³-hybridized carbons (Fsp3) is 0.0513. The molecule has 7 heteroatoms. The smallest absolute Gasteiger partial charge is 0.260 e. The Morgan fingerprint density at radius 3 is 2.20 bits per heavy atom. The number of fused-ring (bicyclic) bond motifs is 2. The lowest BCUT2D eigenvalue weighted by atomic mass is 9.92. The fourth-order valence-electron chi connectivity index (χ4n) is 5.92. The maximum absolute atomic E-state index is 14.5. The summed E-state index contributed by atoms with van der Waals surface area (Å²) in [7, 11) is 0. The molecule has 46 heavy (non-hydrogen) atoms. The first-order valence-corrected chi connectivity index (χ1v) is 15.1. The van der Waals surface area contributed by atoms with Crippen molar-refractivity contribution in [3.05, 3.63) is 167 Å². The Morgan fingerprint density at radius 1 is 0.717 bits per heavy atom. The highest BCUT2D eigenvalue weighted by molar-refractivity contribution is 6.39. The lowest BCUT2D eigenvalue weighted by molar-refractivity contribution is -0.115. The maximum atomic E-state index is 14.5. The van der Waals surface area contributed by atoms with Gasteiger partial charge in [-0.1, -0.05) is 103 Å². The van der Waals surface area contributed by atoms with Gasteiger partial charge in [0.05, 0.1) is 24.4 Å². The number of aromatic amines is 1. The molecule has 0 fully saturated rings. The largest absolute Gasteiger partial charge is 0.354 e. The SMILES string of the molecule is O=C(CNC(=O)c1ccccc1)Nc1ccccc1/C(=C1/C(=O)N(Cc2ccccc2)c2ccccc21)c1cc2ccccc2[nH]1. The summed E-state index contributed by atoms with van der Waals surface area (Å²) in [5.41, 5.74) is 7.22. The van der Waals surface area contributed by atoms with Crippen LogP contribution >= 0.6 is 0 Å². The van der Waals surface area contributed by atoms with Crippen LogP contribution in [0.1, 0.15) is 32.7 Å². The minimum Gasteiger partial charge on any atom is -0.354 e. The predicted molar refractivity (Wildman–Crippen MR) is 182 cm³/mol. The molecule has 0 saturated carbocycles. The third kappa shape index (κ3) is 5.57. The van der Waals surface area contributed by atoms with E-state index in [0.29, 0.717) is 34.5 Å². The molecule has 224 valence electrons. The number of aromatic nitrogens is 1. The van der Waals surface area contributed by atoms with E-state index in [1.165, 1.54) is 0 Å². The molecule has 1 aliphatic heterocycles. The van der Waals surface area contributed by atoms with Crippen LogP contribution in [0.5, 0.6) is 0 Å². The zero-order valence-electron chi connectivity index (χ0n) is 24.9. The molecule has 7 rings (SSSR count). The van der Waals surface area contributed by atoms with Crippen molar-refractivity contribution in [1.29, 1.82) is 0 Å². The highest BCUT2D eigenvalue weighted by Gasteiger charge is 2.36. The van der Waals surface area contributed by atoms with E-state index < -0.39 is 0 Å². The molecule has 1 aliphatic rings. The normalized spacial score (nSPS) is 13.4. The lowest BCUT2D eigenvalue weighted by Gasteiger charge is -2.18. The lowest BCUT2D eigenvalue weighted by Crippen LogP contribution is -2.33. The molecule has 0 saturated heterocycles. The van der Waals surface area contributed by atoms with E-state index in [1.54, 1.807) is 24.3 Å². The summed E-state index contributed by atoms with van der Waals surface area (Å²) in [4.78, 5) is 45.7. The Balaban J connectivity index is 1.32. The molecule has 2 heterocycles. The maximum Gasteiger partial charge on any atom is 0.260 e. The van der Waals surface area contributed by atoms with Gasteiger partial charge in [0.15, 0.2) is 0 Å². The van der Waals surface area contributed by atoms with Gasteiger partial charge in [0, 0.05) is 44.5 Å². The first-order valence-electron chi connectivity index (χ1n) is 15.1. The molecule has 0 radical (unpaired) electrons. The van der Waals surface area contributed by atoms with Gasteiger partial charge in [-0.15, -0.1) is 0 Å². The van der Waals surface area contributed by atoms with Crippen LogP contribution in [-0.2, 0) is 16.1 Å². The molecule has 0 unspecified atom stereocenters. The topological polar surface area (TPSA) is 94.3 Å². The van der Waals surface area contributed by atoms with Crippen molar-refractivity contribution in [2.24, 2.45) is 0 Å². The van der Waals surface area contributed by atoms with Crippen LogP contribution in [-0.4, -0.2) is 29.3 Å². The Labute approximate surface area is 266 Å². The second kappa shape index (κ2) is 12.4. The number of rotatable bonds is 8. The number of benzene rings is 5. The van der Waals surface area contributed by atoms with Gasteiger partial charge in [-0.3, -0.25) is 14.4 Å². The molecule has 3 amide bonds. The van der Waals surface area contributed by atoms with E-state index >= 15 is 0 Å². The molecule has 7 nitrogen and oxygen atoms in total. The van der Waals surface area contributed by atoms with E-state index in [4.69, 9.17) is 0 Å². The van der Waals surface area contributed by atoms with Crippen LogP contribution in [0, 0.1) is 0 Å². The van der Waals surface area contributed by atoms with Crippen molar-refractivity contribution < 1.29 is 14.4 Å². The Hall–Kier alpha value is -6.21. The molecule has 3 N–H and O–H groups in total. The van der Waals surface area contributed by atoms with Crippen LogP contribution in [0.15, 0.2) is 140 Å². The number of nitrogens with one attached hydrogen (secondary N) is 3. The van der Waals surface area contributed by atoms with E-state index in [9.17, 15) is 14.4 Å². The summed E-state index contributed by atoms with van der Waals surface area (Å²) >= 11 is 0. The van der Waals surface area contributed by atoms with Gasteiger partial charge in [0.1, 0.15) is 0 Å². The first kappa shape index (κ1) is 28.6. The number of para-hydroxylation sites is 3. The van der Waals surface area contributed by atoms with Gasteiger partial charge in [-0.2, -0.15) is 0 Å². The number of hydrogen-bond acceptors (Lipinski definition) is 3. The first-order chi connectivity index (χ1) is 22.6. The number of carbonyl (C=O) groups excluding carboxylic acids is 3. The quantitative estimate of drug-likeness (QED) is 0.163. The van der Waals surface area contributed by atoms with Crippen LogP contribution < -0.4 is 15.5 Å². The monoisotopic (exact) mass is 602 g/mol. The van der Waals surface area contributed by atoms with Crippen LogP contribution in [0.3, 0.4) is 0 Å². The summed E-state index contributed by atoms with van der Waals surface area (Å²) in [5, 5.41) is 6.68. The molecule has 0 bridgehead atoms. The van der Waals surface area contributed by atoms with Crippen molar-refractivity contribution >= 4 is 51.1 Å². The van der Waals surface area contributed by atoms with Crippen molar-refractivity contribution in [1.82, 2.24) is 10.3 Å². The number of amides is 3.